The first-order chi connectivity index (χ1) is 8.33. The fraction of sp³-hybridized carbons (Fsp3) is 1.00. The second kappa shape index (κ2) is 4.89. The molecule has 2 heteroatoms. The molecule has 2 N–H and O–H groups in total. The Kier molecular flexibility index (Phi) is 3.45. The minimum atomic E-state index is 0.505. The predicted molar refractivity (Wildman–Crippen MR) is 72.3 cm³/mol. The van der Waals surface area contributed by atoms with Crippen LogP contribution in [0.1, 0.15) is 70.6 Å². The predicted octanol–water partition coefficient (Wildman–Crippen LogP) is 2.98. The Hall–Kier alpha value is -0.0800. The summed E-state index contributed by atoms with van der Waals surface area (Å²) in [5, 5.41) is 7.80. The van der Waals surface area contributed by atoms with Crippen LogP contribution in [0.3, 0.4) is 0 Å². The minimum Gasteiger partial charge on any atom is -0.317 e. The highest BCUT2D eigenvalue weighted by Crippen LogP contribution is 2.42. The summed E-state index contributed by atoms with van der Waals surface area (Å²) >= 11 is 0. The number of rotatable bonds is 0. The molecule has 17 heavy (non-hydrogen) atoms. The van der Waals surface area contributed by atoms with Crippen LogP contribution >= 0.6 is 0 Å². The molecule has 98 valence electrons. The second-order valence-corrected chi connectivity index (χ2v) is 6.70. The molecule has 3 aliphatic rings. The molecule has 0 aromatic heterocycles. The first kappa shape index (κ1) is 12.0. The van der Waals surface area contributed by atoms with Gasteiger partial charge in [0.2, 0.25) is 0 Å². The summed E-state index contributed by atoms with van der Waals surface area (Å²) < 4.78 is 0. The van der Waals surface area contributed by atoms with E-state index in [1.165, 1.54) is 83.7 Å². The first-order valence-electron chi connectivity index (χ1n) is 7.83. The highest BCUT2D eigenvalue weighted by atomic mass is 15.1. The topological polar surface area (TPSA) is 24.1 Å². The van der Waals surface area contributed by atoms with Crippen molar-refractivity contribution in [2.75, 3.05) is 13.1 Å². The molecule has 0 aromatic carbocycles. The van der Waals surface area contributed by atoms with Gasteiger partial charge in [0.25, 0.3) is 0 Å². The quantitative estimate of drug-likeness (QED) is 0.675. The van der Waals surface area contributed by atoms with Crippen LogP contribution in [0.2, 0.25) is 0 Å². The molecule has 0 radical (unpaired) electrons. The maximum absolute atomic E-state index is 4.15. The van der Waals surface area contributed by atoms with E-state index in [0.717, 1.165) is 0 Å². The second-order valence-electron chi connectivity index (χ2n) is 6.70. The third-order valence-electron chi connectivity index (χ3n) is 5.48. The Morgan fingerprint density at radius 3 is 1.65 bits per heavy atom. The average Bonchev–Trinajstić information content (AvgIpc) is 2.68. The molecular weight excluding hydrogens is 208 g/mol. The smallest absolute Gasteiger partial charge is 0.0199 e. The normalized spacial score (nSPS) is 43.8. The van der Waals surface area contributed by atoms with Crippen molar-refractivity contribution in [3.05, 3.63) is 0 Å². The lowest BCUT2D eigenvalue weighted by Gasteiger charge is -2.40. The third kappa shape index (κ3) is 2.53. The molecule has 3 fully saturated rings. The van der Waals surface area contributed by atoms with Gasteiger partial charge in [-0.15, -0.1) is 0 Å². The van der Waals surface area contributed by atoms with E-state index in [-0.39, 0.29) is 0 Å². The average molecular weight is 236 g/mol. The lowest BCUT2D eigenvalue weighted by atomic mass is 9.86. The Bertz CT molecular complexity index is 234. The van der Waals surface area contributed by atoms with Gasteiger partial charge in [-0.25, -0.2) is 0 Å². The summed E-state index contributed by atoms with van der Waals surface area (Å²) in [4.78, 5) is 0. The molecule has 0 spiro atoms. The van der Waals surface area contributed by atoms with Gasteiger partial charge in [0.15, 0.2) is 0 Å². The molecule has 2 atom stereocenters. The molecule has 3 aliphatic heterocycles. The molecule has 0 aliphatic carbocycles. The van der Waals surface area contributed by atoms with Crippen LogP contribution in [0.4, 0.5) is 0 Å². The summed E-state index contributed by atoms with van der Waals surface area (Å²) in [6.07, 6.45) is 15.7. The minimum absolute atomic E-state index is 0.505. The van der Waals surface area contributed by atoms with E-state index in [1.807, 2.05) is 0 Å². The van der Waals surface area contributed by atoms with Crippen LogP contribution < -0.4 is 10.6 Å². The number of nitrogens with one attached hydrogen (secondary N) is 2. The summed E-state index contributed by atoms with van der Waals surface area (Å²) in [6.45, 7) is 2.45. The zero-order valence-corrected chi connectivity index (χ0v) is 11.2. The van der Waals surface area contributed by atoms with Crippen LogP contribution in [0.25, 0.3) is 0 Å². The van der Waals surface area contributed by atoms with Gasteiger partial charge < -0.3 is 10.6 Å². The Morgan fingerprint density at radius 1 is 0.529 bits per heavy atom. The molecule has 3 saturated heterocycles. The maximum atomic E-state index is 4.15. The lowest BCUT2D eigenvalue weighted by molar-refractivity contribution is 0.207. The standard InChI is InChI=1S/C15H28N2/c1-2-4-6-14-8-9-15(17-14,7-5-3-1)11-13-16-12-10-14/h16-17H,1-13H2. The van der Waals surface area contributed by atoms with Gasteiger partial charge in [-0.2, -0.15) is 0 Å². The molecular formula is C15H28N2. The van der Waals surface area contributed by atoms with E-state index in [4.69, 9.17) is 0 Å². The van der Waals surface area contributed by atoms with Crippen LogP contribution in [0, 0.1) is 0 Å². The van der Waals surface area contributed by atoms with Crippen molar-refractivity contribution in [3.8, 4) is 0 Å². The fourth-order valence-electron chi connectivity index (χ4n) is 4.40. The van der Waals surface area contributed by atoms with Crippen molar-refractivity contribution in [2.45, 2.75) is 81.7 Å². The molecule has 2 bridgehead atoms. The van der Waals surface area contributed by atoms with Crippen LogP contribution in [-0.2, 0) is 0 Å². The SMILES string of the molecule is C1CCCC23CCNCCC(CCC1)(CC2)N3. The van der Waals surface area contributed by atoms with Crippen LogP contribution in [0.15, 0.2) is 0 Å². The highest BCUT2D eigenvalue weighted by Gasteiger charge is 2.46. The zero-order valence-electron chi connectivity index (χ0n) is 11.2. The molecule has 0 aromatic rings. The van der Waals surface area contributed by atoms with Crippen molar-refractivity contribution < 1.29 is 0 Å². The molecule has 0 amide bonds. The summed E-state index contributed by atoms with van der Waals surface area (Å²) in [5.74, 6) is 0. The van der Waals surface area contributed by atoms with Gasteiger partial charge in [0.1, 0.15) is 0 Å². The molecule has 2 nitrogen and oxygen atoms in total. The Morgan fingerprint density at radius 2 is 1.06 bits per heavy atom. The largest absolute Gasteiger partial charge is 0.317 e. The molecule has 3 rings (SSSR count). The van der Waals surface area contributed by atoms with E-state index < -0.39 is 0 Å². The fourth-order valence-corrected chi connectivity index (χ4v) is 4.40. The van der Waals surface area contributed by atoms with E-state index in [0.29, 0.717) is 11.1 Å². The molecule has 3 heterocycles. The Labute approximate surface area is 106 Å². The monoisotopic (exact) mass is 236 g/mol. The van der Waals surface area contributed by atoms with E-state index in [2.05, 4.69) is 10.6 Å². The van der Waals surface area contributed by atoms with Crippen molar-refractivity contribution in [2.24, 2.45) is 0 Å². The first-order valence-corrected chi connectivity index (χ1v) is 7.83. The number of hydrogen-bond donors (Lipinski definition) is 2. The van der Waals surface area contributed by atoms with Gasteiger partial charge >= 0.3 is 0 Å². The van der Waals surface area contributed by atoms with Crippen molar-refractivity contribution in [1.82, 2.24) is 10.6 Å². The summed E-state index contributed by atoms with van der Waals surface area (Å²) in [7, 11) is 0. The third-order valence-corrected chi connectivity index (χ3v) is 5.48. The van der Waals surface area contributed by atoms with Gasteiger partial charge in [-0.3, -0.25) is 0 Å². The zero-order chi connectivity index (χ0) is 11.6. The van der Waals surface area contributed by atoms with E-state index in [1.54, 1.807) is 0 Å². The van der Waals surface area contributed by atoms with Crippen molar-refractivity contribution in [1.29, 1.82) is 0 Å². The maximum Gasteiger partial charge on any atom is 0.0199 e. The van der Waals surface area contributed by atoms with E-state index in [9.17, 15) is 0 Å². The molecule has 0 saturated carbocycles. The summed E-state index contributed by atoms with van der Waals surface area (Å²) in [5.41, 5.74) is 1.01. The highest BCUT2D eigenvalue weighted by molar-refractivity contribution is 5.07. The van der Waals surface area contributed by atoms with E-state index >= 15 is 0 Å². The van der Waals surface area contributed by atoms with Gasteiger partial charge in [-0.1, -0.05) is 32.1 Å². The lowest BCUT2D eigenvalue weighted by Crippen LogP contribution is -2.54. The number of hydrogen-bond acceptors (Lipinski definition) is 2. The van der Waals surface area contributed by atoms with Crippen LogP contribution in [-0.4, -0.2) is 24.2 Å². The van der Waals surface area contributed by atoms with Gasteiger partial charge in [0, 0.05) is 11.1 Å². The van der Waals surface area contributed by atoms with Gasteiger partial charge in [0.05, 0.1) is 0 Å². The Balaban J connectivity index is 1.79. The molecule has 2 unspecified atom stereocenters. The summed E-state index contributed by atoms with van der Waals surface area (Å²) in [6, 6.07) is 0. The van der Waals surface area contributed by atoms with Crippen molar-refractivity contribution >= 4 is 0 Å². The van der Waals surface area contributed by atoms with Gasteiger partial charge in [-0.05, 0) is 51.6 Å². The van der Waals surface area contributed by atoms with Crippen molar-refractivity contribution in [3.63, 3.8) is 0 Å². The van der Waals surface area contributed by atoms with Crippen LogP contribution in [0.5, 0.6) is 0 Å².